The largest absolute Gasteiger partial charge is 0.296 e. The van der Waals surface area contributed by atoms with E-state index >= 15 is 0 Å². The summed E-state index contributed by atoms with van der Waals surface area (Å²) in [6, 6.07) is 0. The summed E-state index contributed by atoms with van der Waals surface area (Å²) in [5.41, 5.74) is 1.02. The number of aromatic nitrogens is 2. The van der Waals surface area contributed by atoms with Crippen LogP contribution in [0.2, 0.25) is 0 Å². The lowest BCUT2D eigenvalue weighted by Crippen LogP contribution is -2.40. The van der Waals surface area contributed by atoms with Gasteiger partial charge in [-0.25, -0.2) is 9.97 Å². The van der Waals surface area contributed by atoms with E-state index in [-0.39, 0.29) is 17.2 Å². The van der Waals surface area contributed by atoms with Gasteiger partial charge in [0.15, 0.2) is 0 Å². The summed E-state index contributed by atoms with van der Waals surface area (Å²) < 4.78 is 0. The Labute approximate surface area is 106 Å². The molecule has 0 aliphatic carbocycles. The molecule has 0 aromatic carbocycles. The third kappa shape index (κ3) is 2.55. The zero-order valence-corrected chi connectivity index (χ0v) is 10.9. The maximum Gasteiger partial charge on any atom is 0.237 e. The first-order valence-electron chi connectivity index (χ1n) is 6.04. The predicted molar refractivity (Wildman–Crippen MR) is 65.9 cm³/mol. The maximum atomic E-state index is 11.7. The number of imide groups is 1. The molecule has 1 aliphatic rings. The van der Waals surface area contributed by atoms with Crippen LogP contribution < -0.4 is 5.32 Å². The van der Waals surface area contributed by atoms with Crippen molar-refractivity contribution in [1.29, 1.82) is 0 Å². The molecule has 0 radical (unpaired) electrons. The first-order chi connectivity index (χ1) is 8.38. The van der Waals surface area contributed by atoms with E-state index in [1.807, 2.05) is 0 Å². The van der Waals surface area contributed by atoms with Gasteiger partial charge in [-0.1, -0.05) is 20.8 Å². The number of piperidine rings is 1. The monoisotopic (exact) mass is 247 g/mol. The predicted octanol–water partition coefficient (Wildman–Crippen LogP) is 1.29. The molecule has 1 aromatic heterocycles. The molecule has 2 rings (SSSR count). The second kappa shape index (κ2) is 4.48. The van der Waals surface area contributed by atoms with Crippen molar-refractivity contribution in [1.82, 2.24) is 15.3 Å². The molecule has 2 heterocycles. The standard InChI is InChI=1S/C13H17N3O2/c1-13(2,3)8-6-14-11(15-7-8)9-4-5-10(17)16-12(9)18/h6-7,9H,4-5H2,1-3H3,(H,16,17,18). The minimum absolute atomic E-state index is 0.0106. The molecule has 0 bridgehead atoms. The highest BCUT2D eigenvalue weighted by molar-refractivity contribution is 6.00. The molecule has 0 spiro atoms. The van der Waals surface area contributed by atoms with Crippen molar-refractivity contribution in [3.63, 3.8) is 0 Å². The van der Waals surface area contributed by atoms with E-state index in [2.05, 4.69) is 36.1 Å². The van der Waals surface area contributed by atoms with Crippen molar-refractivity contribution in [2.75, 3.05) is 0 Å². The van der Waals surface area contributed by atoms with Crippen LogP contribution >= 0.6 is 0 Å². The highest BCUT2D eigenvalue weighted by Gasteiger charge is 2.30. The number of hydrogen-bond donors (Lipinski definition) is 1. The third-order valence-corrected chi connectivity index (χ3v) is 3.09. The molecule has 1 unspecified atom stereocenters. The molecule has 0 saturated carbocycles. The first kappa shape index (κ1) is 12.7. The van der Waals surface area contributed by atoms with Crippen LogP contribution in [0.25, 0.3) is 0 Å². The number of amides is 2. The molecule has 1 saturated heterocycles. The summed E-state index contributed by atoms with van der Waals surface area (Å²) in [5.74, 6) is -0.429. The van der Waals surface area contributed by atoms with Crippen molar-refractivity contribution in [2.24, 2.45) is 0 Å². The zero-order valence-electron chi connectivity index (χ0n) is 10.9. The van der Waals surface area contributed by atoms with E-state index in [9.17, 15) is 9.59 Å². The summed E-state index contributed by atoms with van der Waals surface area (Å²) >= 11 is 0. The second-order valence-corrected chi connectivity index (χ2v) is 5.58. The lowest BCUT2D eigenvalue weighted by molar-refractivity contribution is -0.134. The molecule has 5 heteroatoms. The molecule has 1 aromatic rings. The summed E-state index contributed by atoms with van der Waals surface area (Å²) in [6.45, 7) is 6.24. The van der Waals surface area contributed by atoms with Crippen LogP contribution in [-0.4, -0.2) is 21.8 Å². The molecule has 2 amide bonds. The number of nitrogens with one attached hydrogen (secondary N) is 1. The Morgan fingerprint density at radius 3 is 2.33 bits per heavy atom. The van der Waals surface area contributed by atoms with Crippen molar-refractivity contribution in [3.05, 3.63) is 23.8 Å². The van der Waals surface area contributed by atoms with E-state index in [0.29, 0.717) is 18.7 Å². The minimum atomic E-state index is -0.406. The number of carbonyl (C=O) groups is 2. The summed E-state index contributed by atoms with van der Waals surface area (Å²) in [4.78, 5) is 31.3. The van der Waals surface area contributed by atoms with Gasteiger partial charge in [0.2, 0.25) is 11.8 Å². The van der Waals surface area contributed by atoms with Crippen molar-refractivity contribution in [3.8, 4) is 0 Å². The topological polar surface area (TPSA) is 72.0 Å². The number of nitrogens with zero attached hydrogens (tertiary/aromatic N) is 2. The Hall–Kier alpha value is -1.78. The summed E-state index contributed by atoms with van der Waals surface area (Å²) in [6.07, 6.45) is 4.35. The molecule has 1 N–H and O–H groups in total. The van der Waals surface area contributed by atoms with Gasteiger partial charge in [0, 0.05) is 18.8 Å². The summed E-state index contributed by atoms with van der Waals surface area (Å²) in [5, 5.41) is 2.31. The number of hydrogen-bond acceptors (Lipinski definition) is 4. The van der Waals surface area contributed by atoms with Crippen LogP contribution in [0.1, 0.15) is 50.9 Å². The Morgan fingerprint density at radius 2 is 1.83 bits per heavy atom. The van der Waals surface area contributed by atoms with Crippen molar-refractivity contribution < 1.29 is 9.59 Å². The van der Waals surface area contributed by atoms with E-state index < -0.39 is 5.92 Å². The molecular weight excluding hydrogens is 230 g/mol. The van der Waals surface area contributed by atoms with Crippen LogP contribution in [0.5, 0.6) is 0 Å². The average molecular weight is 247 g/mol. The van der Waals surface area contributed by atoms with E-state index in [4.69, 9.17) is 0 Å². The van der Waals surface area contributed by atoms with Crippen molar-refractivity contribution >= 4 is 11.8 Å². The number of carbonyl (C=O) groups excluding carboxylic acids is 2. The quantitative estimate of drug-likeness (QED) is 0.759. The molecule has 5 nitrogen and oxygen atoms in total. The second-order valence-electron chi connectivity index (χ2n) is 5.58. The van der Waals surface area contributed by atoms with Crippen LogP contribution in [0.15, 0.2) is 12.4 Å². The Kier molecular flexibility index (Phi) is 3.15. The van der Waals surface area contributed by atoms with Gasteiger partial charge in [0.05, 0.1) is 5.92 Å². The van der Waals surface area contributed by atoms with Gasteiger partial charge in [-0.2, -0.15) is 0 Å². The summed E-state index contributed by atoms with van der Waals surface area (Å²) in [7, 11) is 0. The van der Waals surface area contributed by atoms with Gasteiger partial charge in [-0.15, -0.1) is 0 Å². The first-order valence-corrected chi connectivity index (χ1v) is 6.04. The van der Waals surface area contributed by atoms with E-state index in [0.717, 1.165) is 5.56 Å². The van der Waals surface area contributed by atoms with Gasteiger partial charge in [0.1, 0.15) is 5.82 Å². The van der Waals surface area contributed by atoms with Crippen LogP contribution in [0.4, 0.5) is 0 Å². The van der Waals surface area contributed by atoms with Crippen LogP contribution in [0.3, 0.4) is 0 Å². The molecule has 96 valence electrons. The fraction of sp³-hybridized carbons (Fsp3) is 0.538. The van der Waals surface area contributed by atoms with Gasteiger partial charge >= 0.3 is 0 Å². The van der Waals surface area contributed by atoms with Crippen LogP contribution in [-0.2, 0) is 15.0 Å². The fourth-order valence-corrected chi connectivity index (χ4v) is 1.85. The highest BCUT2D eigenvalue weighted by Crippen LogP contribution is 2.24. The zero-order chi connectivity index (χ0) is 13.3. The van der Waals surface area contributed by atoms with Gasteiger partial charge in [0.25, 0.3) is 0 Å². The Balaban J connectivity index is 2.20. The lowest BCUT2D eigenvalue weighted by atomic mass is 9.89. The maximum absolute atomic E-state index is 11.7. The van der Waals surface area contributed by atoms with E-state index in [1.165, 1.54) is 0 Å². The average Bonchev–Trinajstić information content (AvgIpc) is 2.28. The fourth-order valence-electron chi connectivity index (χ4n) is 1.85. The van der Waals surface area contributed by atoms with Gasteiger partial charge < -0.3 is 0 Å². The highest BCUT2D eigenvalue weighted by atomic mass is 16.2. The molecular formula is C13H17N3O2. The van der Waals surface area contributed by atoms with E-state index in [1.54, 1.807) is 12.4 Å². The van der Waals surface area contributed by atoms with Crippen LogP contribution in [0, 0.1) is 0 Å². The molecule has 18 heavy (non-hydrogen) atoms. The Bertz CT molecular complexity index is 474. The molecule has 1 fully saturated rings. The Morgan fingerprint density at radius 1 is 1.22 bits per heavy atom. The van der Waals surface area contributed by atoms with Gasteiger partial charge in [-0.3, -0.25) is 14.9 Å². The van der Waals surface area contributed by atoms with Gasteiger partial charge in [-0.05, 0) is 17.4 Å². The number of rotatable bonds is 1. The normalized spacial score (nSPS) is 20.7. The molecule has 1 atom stereocenters. The molecule has 1 aliphatic heterocycles. The third-order valence-electron chi connectivity index (χ3n) is 3.09. The SMILES string of the molecule is CC(C)(C)c1cnc(C2CCC(=O)NC2=O)nc1. The minimum Gasteiger partial charge on any atom is -0.296 e. The lowest BCUT2D eigenvalue weighted by Gasteiger charge is -2.21. The smallest absolute Gasteiger partial charge is 0.237 e. The van der Waals surface area contributed by atoms with Crippen molar-refractivity contribution in [2.45, 2.75) is 44.9 Å².